The lowest BCUT2D eigenvalue weighted by Crippen LogP contribution is -2.16. The second-order valence-electron chi connectivity index (χ2n) is 3.46. The zero-order valence-electron chi connectivity index (χ0n) is 8.26. The van der Waals surface area contributed by atoms with Gasteiger partial charge in [0.15, 0.2) is 0 Å². The fourth-order valence-corrected chi connectivity index (χ4v) is 1.30. The molecule has 3 N–H and O–H groups in total. The second-order valence-corrected chi connectivity index (χ2v) is 3.46. The molecule has 6 heteroatoms. The predicted octanol–water partition coefficient (Wildman–Crippen LogP) is 2.87. The van der Waals surface area contributed by atoms with Crippen LogP contribution in [0.25, 0.3) is 0 Å². The number of hydrogen-bond acceptors (Lipinski definition) is 2. The number of aromatic hydroxyl groups is 1. The summed E-state index contributed by atoms with van der Waals surface area (Å²) >= 11 is 0. The molecule has 0 aliphatic heterocycles. The maximum atomic E-state index is 12.8. The first-order chi connectivity index (χ1) is 7.29. The van der Waals surface area contributed by atoms with Crippen LogP contribution < -0.4 is 5.73 Å². The molecule has 0 saturated heterocycles. The van der Waals surface area contributed by atoms with Crippen molar-refractivity contribution in [2.45, 2.75) is 25.1 Å². The first-order valence-corrected chi connectivity index (χ1v) is 4.60. The molecule has 90 valence electrons. The molecule has 1 atom stereocenters. The van der Waals surface area contributed by atoms with E-state index in [1.165, 1.54) is 0 Å². The molecule has 0 amide bonds. The molecule has 16 heavy (non-hydrogen) atoms. The lowest BCUT2D eigenvalue weighted by Gasteiger charge is -2.14. The van der Waals surface area contributed by atoms with Crippen molar-refractivity contribution in [3.63, 3.8) is 0 Å². The lowest BCUT2D eigenvalue weighted by molar-refractivity contribution is -0.136. The van der Waals surface area contributed by atoms with Crippen molar-refractivity contribution in [2.75, 3.05) is 0 Å². The Morgan fingerprint density at radius 1 is 1.31 bits per heavy atom. The van der Waals surface area contributed by atoms with E-state index in [1.54, 1.807) is 0 Å². The van der Waals surface area contributed by atoms with Gasteiger partial charge in [0.05, 0.1) is 0 Å². The van der Waals surface area contributed by atoms with Gasteiger partial charge >= 0.3 is 6.18 Å². The van der Waals surface area contributed by atoms with Gasteiger partial charge < -0.3 is 10.8 Å². The Hall–Kier alpha value is -1.30. The molecule has 0 unspecified atom stereocenters. The monoisotopic (exact) mass is 237 g/mol. The average molecular weight is 237 g/mol. The molecule has 0 radical (unpaired) electrons. The zero-order chi connectivity index (χ0) is 12.3. The van der Waals surface area contributed by atoms with Crippen LogP contribution in [0.4, 0.5) is 17.6 Å². The Labute approximate surface area is 89.7 Å². The van der Waals surface area contributed by atoms with E-state index >= 15 is 0 Å². The highest BCUT2D eigenvalue weighted by molar-refractivity contribution is 5.34. The third-order valence-electron chi connectivity index (χ3n) is 2.13. The number of halogens is 4. The molecule has 0 spiro atoms. The van der Waals surface area contributed by atoms with E-state index in [-0.39, 0.29) is 17.7 Å². The summed E-state index contributed by atoms with van der Waals surface area (Å²) in [7, 11) is 0. The van der Waals surface area contributed by atoms with Crippen LogP contribution in [0, 0.1) is 5.82 Å². The molecule has 0 aromatic heterocycles. The first-order valence-electron chi connectivity index (χ1n) is 4.60. The largest absolute Gasteiger partial charge is 0.508 e. The number of benzene rings is 1. The normalized spacial score (nSPS) is 13.8. The van der Waals surface area contributed by atoms with Crippen molar-refractivity contribution in [1.29, 1.82) is 0 Å². The third-order valence-corrected chi connectivity index (χ3v) is 2.13. The van der Waals surface area contributed by atoms with E-state index in [9.17, 15) is 22.7 Å². The Morgan fingerprint density at radius 2 is 1.94 bits per heavy atom. The molecule has 0 aliphatic rings. The van der Waals surface area contributed by atoms with Gasteiger partial charge in [-0.05, 0) is 24.6 Å². The predicted molar refractivity (Wildman–Crippen MR) is 50.3 cm³/mol. The van der Waals surface area contributed by atoms with Gasteiger partial charge in [-0.1, -0.05) is 0 Å². The Morgan fingerprint density at radius 3 is 2.50 bits per heavy atom. The molecule has 0 saturated carbocycles. The summed E-state index contributed by atoms with van der Waals surface area (Å²) in [5.74, 6) is -0.939. The van der Waals surface area contributed by atoms with Crippen molar-refractivity contribution >= 4 is 0 Å². The van der Waals surface area contributed by atoms with Crippen LogP contribution in [0.5, 0.6) is 5.75 Å². The quantitative estimate of drug-likeness (QED) is 0.794. The van der Waals surface area contributed by atoms with Crippen LogP contribution >= 0.6 is 0 Å². The number of nitrogens with two attached hydrogens (primary N) is 1. The SMILES string of the molecule is N[C@H](CCC(F)(F)F)c1cc(F)ccc1O. The van der Waals surface area contributed by atoms with Crippen LogP contribution in [-0.4, -0.2) is 11.3 Å². The van der Waals surface area contributed by atoms with E-state index in [0.717, 1.165) is 18.2 Å². The summed E-state index contributed by atoms with van der Waals surface area (Å²) in [6.45, 7) is 0. The molecular weight excluding hydrogens is 226 g/mol. The Kier molecular flexibility index (Phi) is 3.74. The molecule has 0 fully saturated rings. The number of phenols is 1. The average Bonchev–Trinajstić information content (AvgIpc) is 2.17. The molecule has 1 rings (SSSR count). The van der Waals surface area contributed by atoms with Gasteiger partial charge in [-0.25, -0.2) is 4.39 Å². The Bertz CT molecular complexity index is 364. The van der Waals surface area contributed by atoms with E-state index in [4.69, 9.17) is 5.73 Å². The van der Waals surface area contributed by atoms with Crippen LogP contribution in [-0.2, 0) is 0 Å². The van der Waals surface area contributed by atoms with Crippen LogP contribution in [0.2, 0.25) is 0 Å². The highest BCUT2D eigenvalue weighted by Gasteiger charge is 2.28. The van der Waals surface area contributed by atoms with Crippen molar-refractivity contribution in [1.82, 2.24) is 0 Å². The number of alkyl halides is 3. The Balaban J connectivity index is 2.73. The lowest BCUT2D eigenvalue weighted by atomic mass is 10.0. The fraction of sp³-hybridized carbons (Fsp3) is 0.400. The van der Waals surface area contributed by atoms with Gasteiger partial charge in [0.2, 0.25) is 0 Å². The van der Waals surface area contributed by atoms with Crippen LogP contribution in [0.15, 0.2) is 18.2 Å². The second kappa shape index (κ2) is 4.69. The minimum atomic E-state index is -4.30. The summed E-state index contributed by atoms with van der Waals surface area (Å²) in [6, 6.07) is 1.99. The van der Waals surface area contributed by atoms with Gasteiger partial charge in [0.25, 0.3) is 0 Å². The molecule has 0 heterocycles. The van der Waals surface area contributed by atoms with E-state index in [2.05, 4.69) is 0 Å². The molecule has 2 nitrogen and oxygen atoms in total. The zero-order valence-corrected chi connectivity index (χ0v) is 8.26. The van der Waals surface area contributed by atoms with Crippen molar-refractivity contribution in [3.05, 3.63) is 29.6 Å². The summed E-state index contributed by atoms with van der Waals surface area (Å²) in [5.41, 5.74) is 5.44. The van der Waals surface area contributed by atoms with Gasteiger partial charge in [-0.2, -0.15) is 13.2 Å². The van der Waals surface area contributed by atoms with E-state index in [0.29, 0.717) is 0 Å². The summed E-state index contributed by atoms with van der Waals surface area (Å²) in [5, 5.41) is 9.31. The molecule has 0 aliphatic carbocycles. The standard InChI is InChI=1S/C10H11F4NO/c11-6-1-2-9(16)7(5-6)8(15)3-4-10(12,13)14/h1-2,5,8,16H,3-4,15H2/t8-/m1/s1. The summed E-state index contributed by atoms with van der Waals surface area (Å²) in [4.78, 5) is 0. The van der Waals surface area contributed by atoms with Crippen molar-refractivity contribution in [3.8, 4) is 5.75 Å². The van der Waals surface area contributed by atoms with E-state index < -0.39 is 24.5 Å². The third kappa shape index (κ3) is 3.69. The molecule has 0 bridgehead atoms. The minimum absolute atomic E-state index is 0.00995. The highest BCUT2D eigenvalue weighted by Crippen LogP contribution is 2.30. The molecule has 1 aromatic rings. The van der Waals surface area contributed by atoms with Gasteiger partial charge in [0.1, 0.15) is 11.6 Å². The van der Waals surface area contributed by atoms with Crippen LogP contribution in [0.3, 0.4) is 0 Å². The number of phenolic OH excluding ortho intramolecular Hbond substituents is 1. The topological polar surface area (TPSA) is 46.2 Å². The molecule has 1 aromatic carbocycles. The smallest absolute Gasteiger partial charge is 0.389 e. The summed E-state index contributed by atoms with van der Waals surface area (Å²) < 4.78 is 48.6. The van der Waals surface area contributed by atoms with Gasteiger partial charge in [-0.3, -0.25) is 0 Å². The minimum Gasteiger partial charge on any atom is -0.508 e. The molecular formula is C10H11F4NO. The van der Waals surface area contributed by atoms with Crippen molar-refractivity contribution in [2.24, 2.45) is 5.73 Å². The first kappa shape index (κ1) is 12.8. The number of hydrogen-bond donors (Lipinski definition) is 2. The highest BCUT2D eigenvalue weighted by atomic mass is 19.4. The number of rotatable bonds is 3. The van der Waals surface area contributed by atoms with Crippen LogP contribution in [0.1, 0.15) is 24.4 Å². The summed E-state index contributed by atoms with van der Waals surface area (Å²) in [6.07, 6.45) is -5.76. The van der Waals surface area contributed by atoms with Crippen molar-refractivity contribution < 1.29 is 22.7 Å². The maximum Gasteiger partial charge on any atom is 0.389 e. The van der Waals surface area contributed by atoms with E-state index in [1.807, 2.05) is 0 Å². The fourth-order valence-electron chi connectivity index (χ4n) is 1.30. The van der Waals surface area contributed by atoms with Gasteiger partial charge in [0, 0.05) is 18.0 Å². The van der Waals surface area contributed by atoms with Gasteiger partial charge in [-0.15, -0.1) is 0 Å². The maximum absolute atomic E-state index is 12.8.